The number of piperidine rings is 1. The fraction of sp³-hybridized carbons (Fsp3) is 0.588. The van der Waals surface area contributed by atoms with E-state index >= 15 is 0 Å². The first-order chi connectivity index (χ1) is 10.8. The second-order valence-corrected chi connectivity index (χ2v) is 6.76. The van der Waals surface area contributed by atoms with Gasteiger partial charge >= 0.3 is 0 Å². The van der Waals surface area contributed by atoms with E-state index in [9.17, 15) is 9.59 Å². The lowest BCUT2D eigenvalue weighted by atomic mass is 9.96. The summed E-state index contributed by atoms with van der Waals surface area (Å²) in [4.78, 5) is 25.7. The van der Waals surface area contributed by atoms with Gasteiger partial charge in [0.1, 0.15) is 5.82 Å². The molecule has 0 bridgehead atoms. The second-order valence-electron chi connectivity index (χ2n) is 6.76. The molecule has 0 saturated carbocycles. The number of carbonyl (C=O) groups is 2. The second kappa shape index (κ2) is 6.86. The molecular formula is C17H24N4O2. The lowest BCUT2D eigenvalue weighted by molar-refractivity contribution is -0.126. The topological polar surface area (TPSA) is 67.2 Å². The van der Waals surface area contributed by atoms with Crippen molar-refractivity contribution in [2.75, 3.05) is 18.4 Å². The summed E-state index contributed by atoms with van der Waals surface area (Å²) in [5, 5.41) is 7.29. The molecule has 1 N–H and O–H groups in total. The molecule has 2 heterocycles. The highest BCUT2D eigenvalue weighted by molar-refractivity contribution is 5.94. The molecule has 2 amide bonds. The average molecular weight is 316 g/mol. The van der Waals surface area contributed by atoms with E-state index in [4.69, 9.17) is 0 Å². The molecule has 23 heavy (non-hydrogen) atoms. The predicted molar refractivity (Wildman–Crippen MR) is 88.6 cm³/mol. The molecule has 0 spiro atoms. The fourth-order valence-electron chi connectivity index (χ4n) is 2.51. The molecule has 6 heteroatoms. The first kappa shape index (κ1) is 17.1. The summed E-state index contributed by atoms with van der Waals surface area (Å²) >= 11 is 0. The van der Waals surface area contributed by atoms with Crippen LogP contribution in [-0.4, -0.2) is 39.6 Å². The maximum atomic E-state index is 12.2. The minimum Gasteiger partial charge on any atom is -0.332 e. The van der Waals surface area contributed by atoms with Gasteiger partial charge in [0.25, 0.3) is 5.91 Å². The van der Waals surface area contributed by atoms with Gasteiger partial charge in [-0.15, -0.1) is 0 Å². The van der Waals surface area contributed by atoms with Crippen LogP contribution in [0.4, 0.5) is 5.82 Å². The molecule has 1 fully saturated rings. The van der Waals surface area contributed by atoms with Crippen LogP contribution >= 0.6 is 0 Å². The zero-order chi connectivity index (χ0) is 17.0. The Balaban J connectivity index is 2.02. The molecule has 1 aromatic heterocycles. The lowest BCUT2D eigenvalue weighted by Crippen LogP contribution is -2.39. The Morgan fingerprint density at radius 1 is 1.30 bits per heavy atom. The van der Waals surface area contributed by atoms with Crippen LogP contribution in [0.2, 0.25) is 0 Å². The summed E-state index contributed by atoms with van der Waals surface area (Å²) in [6.07, 6.45) is 3.30. The minimum atomic E-state index is -0.455. The summed E-state index contributed by atoms with van der Waals surface area (Å²) < 4.78 is 1.86. The Bertz CT molecular complexity index is 638. The number of anilines is 1. The summed E-state index contributed by atoms with van der Waals surface area (Å²) in [5.74, 6) is 5.77. The van der Waals surface area contributed by atoms with Crippen LogP contribution < -0.4 is 5.32 Å². The van der Waals surface area contributed by atoms with Crippen molar-refractivity contribution < 1.29 is 9.59 Å². The van der Waals surface area contributed by atoms with Crippen molar-refractivity contribution >= 4 is 17.6 Å². The van der Waals surface area contributed by atoms with E-state index < -0.39 is 5.41 Å². The average Bonchev–Trinajstić information content (AvgIpc) is 2.95. The van der Waals surface area contributed by atoms with Gasteiger partial charge in [-0.25, -0.2) is 4.68 Å². The highest BCUT2D eigenvalue weighted by Crippen LogP contribution is 2.26. The van der Waals surface area contributed by atoms with Crippen LogP contribution in [-0.2, 0) is 9.59 Å². The highest BCUT2D eigenvalue weighted by Gasteiger charge is 2.27. The fourth-order valence-corrected chi connectivity index (χ4v) is 2.51. The van der Waals surface area contributed by atoms with Crippen LogP contribution in [0.5, 0.6) is 0 Å². The number of amides is 2. The Morgan fingerprint density at radius 3 is 2.52 bits per heavy atom. The lowest BCUT2D eigenvalue weighted by Gasteiger charge is -2.31. The number of nitrogens with zero attached hydrogens (tertiary/aromatic N) is 3. The molecule has 0 atom stereocenters. The Kier molecular flexibility index (Phi) is 5.09. The molecule has 6 nitrogen and oxygen atoms in total. The summed E-state index contributed by atoms with van der Waals surface area (Å²) in [6.45, 7) is 8.61. The number of aromatic nitrogens is 2. The van der Waals surface area contributed by atoms with Crippen LogP contribution in [0.15, 0.2) is 12.3 Å². The molecule has 0 aromatic carbocycles. The van der Waals surface area contributed by atoms with Gasteiger partial charge < -0.3 is 10.2 Å². The van der Waals surface area contributed by atoms with Crippen molar-refractivity contribution in [1.82, 2.24) is 14.7 Å². The standard InChI is InChI=1S/C17H24N4O2/c1-5-6-15(22)20-11-8-13(9-12-20)21-14(7-10-18-21)19-16(23)17(2,3)4/h7,10,13H,8-9,11-12H2,1-4H3,(H,19,23). The van der Waals surface area contributed by atoms with Crippen molar-refractivity contribution in [3.63, 3.8) is 0 Å². The van der Waals surface area contributed by atoms with Crippen LogP contribution in [0.1, 0.15) is 46.6 Å². The molecule has 124 valence electrons. The molecular weight excluding hydrogens is 292 g/mol. The smallest absolute Gasteiger partial charge is 0.298 e. The van der Waals surface area contributed by atoms with Crippen molar-refractivity contribution in [2.45, 2.75) is 46.6 Å². The van der Waals surface area contributed by atoms with E-state index in [1.165, 1.54) is 0 Å². The van der Waals surface area contributed by atoms with Gasteiger partial charge in [-0.1, -0.05) is 26.7 Å². The first-order valence-electron chi connectivity index (χ1n) is 7.89. The normalized spacial score (nSPS) is 15.7. The molecule has 2 rings (SSSR count). The molecule has 1 aliphatic heterocycles. The van der Waals surface area contributed by atoms with Gasteiger partial charge in [0, 0.05) is 24.6 Å². The maximum Gasteiger partial charge on any atom is 0.298 e. The van der Waals surface area contributed by atoms with E-state index in [1.54, 1.807) is 18.0 Å². The van der Waals surface area contributed by atoms with Crippen molar-refractivity contribution in [1.29, 1.82) is 0 Å². The number of rotatable bonds is 2. The minimum absolute atomic E-state index is 0.0370. The maximum absolute atomic E-state index is 12.2. The molecule has 1 aliphatic rings. The molecule has 0 radical (unpaired) electrons. The van der Waals surface area contributed by atoms with Crippen molar-refractivity contribution in [3.05, 3.63) is 12.3 Å². The number of hydrogen-bond acceptors (Lipinski definition) is 3. The van der Waals surface area contributed by atoms with Gasteiger partial charge in [0.2, 0.25) is 5.91 Å². The van der Waals surface area contributed by atoms with Crippen LogP contribution in [0.3, 0.4) is 0 Å². The highest BCUT2D eigenvalue weighted by atomic mass is 16.2. The van der Waals surface area contributed by atoms with Gasteiger partial charge in [-0.05, 0) is 25.7 Å². The quantitative estimate of drug-likeness (QED) is 0.849. The zero-order valence-corrected chi connectivity index (χ0v) is 14.2. The Labute approximate surface area is 137 Å². The van der Waals surface area contributed by atoms with Gasteiger partial charge in [-0.3, -0.25) is 9.59 Å². The zero-order valence-electron chi connectivity index (χ0n) is 14.2. The van der Waals surface area contributed by atoms with E-state index in [0.29, 0.717) is 18.9 Å². The summed E-state index contributed by atoms with van der Waals surface area (Å²) in [7, 11) is 0. The van der Waals surface area contributed by atoms with E-state index in [1.807, 2.05) is 31.5 Å². The van der Waals surface area contributed by atoms with Gasteiger partial charge in [-0.2, -0.15) is 5.10 Å². The largest absolute Gasteiger partial charge is 0.332 e. The van der Waals surface area contributed by atoms with Crippen molar-refractivity contribution in [3.8, 4) is 11.8 Å². The molecule has 0 unspecified atom stereocenters. The number of nitrogens with one attached hydrogen (secondary N) is 1. The van der Waals surface area contributed by atoms with Crippen LogP contribution in [0.25, 0.3) is 0 Å². The van der Waals surface area contributed by atoms with E-state index in [-0.39, 0.29) is 17.9 Å². The third-order valence-electron chi connectivity index (χ3n) is 3.92. The SMILES string of the molecule is CC#CC(=O)N1CCC(n2nccc2NC(=O)C(C)(C)C)CC1. The molecule has 1 aromatic rings. The molecule has 1 saturated heterocycles. The Morgan fingerprint density at radius 2 is 1.96 bits per heavy atom. The third kappa shape index (κ3) is 4.13. The first-order valence-corrected chi connectivity index (χ1v) is 7.89. The van der Waals surface area contributed by atoms with Crippen molar-refractivity contribution in [2.24, 2.45) is 5.41 Å². The Hall–Kier alpha value is -2.29. The third-order valence-corrected chi connectivity index (χ3v) is 3.92. The van der Waals surface area contributed by atoms with E-state index in [2.05, 4.69) is 22.3 Å². The van der Waals surface area contributed by atoms with Gasteiger partial charge in [0.15, 0.2) is 0 Å². The summed E-state index contributed by atoms with van der Waals surface area (Å²) in [5.41, 5.74) is -0.455. The molecule has 0 aliphatic carbocycles. The monoisotopic (exact) mass is 316 g/mol. The number of carbonyl (C=O) groups excluding carboxylic acids is 2. The predicted octanol–water partition coefficient (Wildman–Crippen LogP) is 2.05. The number of likely N-dealkylation sites (tertiary alicyclic amines) is 1. The van der Waals surface area contributed by atoms with E-state index in [0.717, 1.165) is 12.8 Å². The number of hydrogen-bond donors (Lipinski definition) is 1. The van der Waals surface area contributed by atoms with Crippen LogP contribution in [0, 0.1) is 17.3 Å². The summed E-state index contributed by atoms with van der Waals surface area (Å²) in [6, 6.07) is 1.99. The van der Waals surface area contributed by atoms with Gasteiger partial charge in [0.05, 0.1) is 12.2 Å².